The summed E-state index contributed by atoms with van der Waals surface area (Å²) >= 11 is 8.08. The average Bonchev–Trinajstić information content (AvgIpc) is 3.52. The first-order valence-corrected chi connectivity index (χ1v) is 34.3. The van der Waals surface area contributed by atoms with Gasteiger partial charge in [0, 0.05) is 32.0 Å². The zero-order chi connectivity index (χ0) is 60.8. The average molecular weight is 1200 g/mol. The smallest absolute Gasteiger partial charge is 0.126 e. The van der Waals surface area contributed by atoms with Crippen LogP contribution in [-0.4, -0.2) is 191 Å². The van der Waals surface area contributed by atoms with Crippen molar-refractivity contribution in [2.24, 2.45) is 17.8 Å². The number of carbonyl (C=O) groups is 2. The molecular weight excluding hydrogens is 1090 g/mol. The fourth-order valence-electron chi connectivity index (χ4n) is 13.5. The number of aliphatic hydroxyl groups is 5. The van der Waals surface area contributed by atoms with Crippen LogP contribution in [0.2, 0.25) is 0 Å². The van der Waals surface area contributed by atoms with Crippen molar-refractivity contribution in [2.45, 2.75) is 249 Å². The number of carbonyl (C=O) groups excluding carboxylic acids is 2. The van der Waals surface area contributed by atoms with Gasteiger partial charge in [0.25, 0.3) is 0 Å². The number of aliphatic hydroxyl groups excluding tert-OH is 3. The second-order valence-corrected chi connectivity index (χ2v) is 32.8. The summed E-state index contributed by atoms with van der Waals surface area (Å²) in [5.41, 5.74) is -4.81. The van der Waals surface area contributed by atoms with Gasteiger partial charge in [0.2, 0.25) is 0 Å². The molecule has 3 aliphatic heterocycles. The minimum Gasteiger partial charge on any atom is -0.388 e. The molecule has 1 amide bonds. The molecule has 470 valence electrons. The van der Waals surface area contributed by atoms with Crippen LogP contribution in [0.4, 0.5) is 0 Å². The minimum atomic E-state index is -3.06. The number of halogens is 1. The molecule has 82 heavy (non-hydrogen) atoms. The van der Waals surface area contributed by atoms with Gasteiger partial charge in [-0.05, 0) is 87.7 Å². The Kier molecular flexibility index (Phi) is 26.6. The summed E-state index contributed by atoms with van der Waals surface area (Å²) in [6, 6.07) is 19.9. The van der Waals surface area contributed by atoms with E-state index in [-0.39, 0.29) is 50.3 Å². The van der Waals surface area contributed by atoms with Crippen molar-refractivity contribution >= 4 is 39.7 Å². The number of amides is 1. The molecule has 18 heteroatoms. The molecule has 3 saturated heterocycles. The van der Waals surface area contributed by atoms with Crippen LogP contribution in [0.3, 0.4) is 0 Å². The number of benzene rings is 2. The Hall–Kier alpha value is -2.38. The van der Waals surface area contributed by atoms with E-state index in [1.54, 1.807) is 60.5 Å². The van der Waals surface area contributed by atoms with Crippen LogP contribution in [0.25, 0.3) is 0 Å². The van der Waals surface area contributed by atoms with Crippen molar-refractivity contribution in [3.8, 4) is 0 Å². The van der Waals surface area contributed by atoms with E-state index in [0.717, 1.165) is 63.7 Å². The Balaban J connectivity index is 1.31. The third kappa shape index (κ3) is 17.2. The van der Waals surface area contributed by atoms with Crippen LogP contribution in [0.1, 0.15) is 159 Å². The fourth-order valence-corrected chi connectivity index (χ4v) is 19.5. The first-order valence-electron chi connectivity index (χ1n) is 30.7. The van der Waals surface area contributed by atoms with E-state index in [2.05, 4.69) is 48.5 Å². The molecule has 2 aromatic rings. The molecule has 0 bridgehead atoms. The van der Waals surface area contributed by atoms with Crippen molar-refractivity contribution in [3.05, 3.63) is 60.7 Å². The second-order valence-electron chi connectivity index (χ2n) is 25.7. The summed E-state index contributed by atoms with van der Waals surface area (Å²) < 4.78 is 43.9. The number of likely N-dealkylation sites (N-methyl/N-ethyl adjacent to an activating group) is 1. The third-order valence-corrected chi connectivity index (χ3v) is 26.2. The number of unbranched alkanes of at least 4 members (excludes halogenated alkanes) is 8. The van der Waals surface area contributed by atoms with E-state index < -0.39 is 108 Å². The molecule has 18 atom stereocenters. The zero-order valence-electron chi connectivity index (χ0n) is 52.3. The molecule has 0 saturated carbocycles. The predicted molar refractivity (Wildman–Crippen MR) is 326 cm³/mol. The summed E-state index contributed by atoms with van der Waals surface area (Å²) in [5, 5.41) is 62.9. The minimum absolute atomic E-state index is 0.0667. The van der Waals surface area contributed by atoms with Crippen molar-refractivity contribution in [1.29, 1.82) is 0 Å². The Bertz CT molecular complexity index is 2190. The van der Waals surface area contributed by atoms with E-state index in [0.29, 0.717) is 19.4 Å². The van der Waals surface area contributed by atoms with E-state index in [1.165, 1.54) is 24.6 Å². The standard InChI is InChI=1S/C64H108ClN2O14P/c1-15-52-64(10,74)57(70)47(6)67(53(68)35-29-21-19-17-16-18-20-22-30-37-82(65,38-36-75-13,49-31-25-23-26-32-49)50-33-27-24-28-34-50)42-43(2)40-62(8,73)59(81-61-55(69)51(66(11)12)39-44(3)77-61)45(4)56(46(5)60(72)79-52)80-54-41-63(9,76-14)58(71)48(7)78-54/h23-28,31-34,43-48,51-52,54-59,61,69-71,73-74H,15-22,29-30,35-42H2,1-14H3/t43-,44-,45+,46-,47-,48+,51+,52-,54+,55-,56+,57-,58+,59-,61+,62-,63-,64-/m1/s1. The molecule has 0 spiro atoms. The number of cyclic esters (lactones) is 1. The van der Waals surface area contributed by atoms with Crippen molar-refractivity contribution in [3.63, 3.8) is 0 Å². The van der Waals surface area contributed by atoms with Gasteiger partial charge in [-0.15, -0.1) is 0 Å². The summed E-state index contributed by atoms with van der Waals surface area (Å²) in [4.78, 5) is 32.8. The molecule has 5 N–H and O–H groups in total. The summed E-state index contributed by atoms with van der Waals surface area (Å²) in [6.07, 6.45) is 1.26. The number of rotatable bonds is 24. The molecule has 2 aromatic carbocycles. The van der Waals surface area contributed by atoms with Gasteiger partial charge in [0.15, 0.2) is 12.6 Å². The van der Waals surface area contributed by atoms with E-state index in [9.17, 15) is 35.1 Å². The molecule has 0 aromatic heterocycles. The van der Waals surface area contributed by atoms with Gasteiger partial charge < -0.3 is 63.8 Å². The van der Waals surface area contributed by atoms with Gasteiger partial charge in [0.1, 0.15) is 30.0 Å². The molecule has 3 fully saturated rings. The topological polar surface area (TPSA) is 206 Å². The van der Waals surface area contributed by atoms with Crippen LogP contribution in [-0.2, 0) is 42.7 Å². The maximum absolute atomic E-state index is 14.7. The monoisotopic (exact) mass is 1190 g/mol. The Morgan fingerprint density at radius 1 is 0.780 bits per heavy atom. The van der Waals surface area contributed by atoms with Crippen molar-refractivity contribution in [1.82, 2.24) is 9.80 Å². The number of ether oxygens (including phenoxy) is 7. The van der Waals surface area contributed by atoms with E-state index in [1.807, 2.05) is 45.0 Å². The van der Waals surface area contributed by atoms with Gasteiger partial charge >= 0.3 is 195 Å². The van der Waals surface area contributed by atoms with E-state index in [4.69, 9.17) is 44.4 Å². The quantitative estimate of drug-likeness (QED) is 0.0379. The van der Waals surface area contributed by atoms with Crippen LogP contribution < -0.4 is 10.6 Å². The SMILES string of the molecule is CC[C@H]1OC(=O)[C@H](C)[C@@H](O[C@H]2C[C@@](C)(OC)[C@@H](O)[C@H](C)O2)[C@H](C)[C@@H](O[C@@H]2O[C@H](C)C[C@H](N(C)C)[C@H]2O)[C@](C)(O)C[C@@H](C)CN(C(=O)CCCCCCCCCCCP(Cl)(CCOC)(c2ccccc2)c2ccccc2)[C@H](C)[C@@H](O)[C@]1(C)O. The van der Waals surface area contributed by atoms with Crippen molar-refractivity contribution in [2.75, 3.05) is 53.8 Å². The molecule has 0 radical (unpaired) electrons. The Morgan fingerprint density at radius 3 is 1.88 bits per heavy atom. The Labute approximate surface area is 497 Å². The van der Waals surface area contributed by atoms with Gasteiger partial charge in [-0.2, -0.15) is 0 Å². The number of hydrogen-bond acceptors (Lipinski definition) is 15. The number of hydrogen-bond donors (Lipinski definition) is 5. The first kappa shape index (κ1) is 70.4. The summed E-state index contributed by atoms with van der Waals surface area (Å²) in [5.74, 6) is -6.36. The number of methoxy groups -OCH3 is 2. The summed E-state index contributed by atoms with van der Waals surface area (Å²) in [6.45, 7) is 18.0. The number of esters is 1. The van der Waals surface area contributed by atoms with Gasteiger partial charge in [-0.3, -0.25) is 9.59 Å². The van der Waals surface area contributed by atoms with Crippen LogP contribution in [0.15, 0.2) is 60.7 Å². The molecule has 3 aliphatic rings. The van der Waals surface area contributed by atoms with Crippen LogP contribution in [0.5, 0.6) is 0 Å². The molecule has 3 heterocycles. The molecule has 5 rings (SSSR count). The van der Waals surface area contributed by atoms with Gasteiger partial charge in [-0.25, -0.2) is 0 Å². The maximum atomic E-state index is 14.7. The zero-order valence-corrected chi connectivity index (χ0v) is 53.9. The maximum Gasteiger partial charge on any atom is 0.126 e. The van der Waals surface area contributed by atoms with Crippen molar-refractivity contribution < 1.29 is 68.3 Å². The second kappa shape index (κ2) is 31.0. The van der Waals surface area contributed by atoms with Gasteiger partial charge in [0.05, 0.1) is 47.6 Å². The van der Waals surface area contributed by atoms with Crippen LogP contribution >= 0.6 is 17.2 Å². The molecule has 0 unspecified atom stereocenters. The number of nitrogens with zero attached hydrogens (tertiary/aromatic N) is 2. The predicted octanol–water partition coefficient (Wildman–Crippen LogP) is 8.70. The molecular formula is C64H108ClN2O14P. The fraction of sp³-hybridized carbons (Fsp3) is 0.781. The first-order chi connectivity index (χ1) is 38.6. The van der Waals surface area contributed by atoms with Gasteiger partial charge in [-0.1, -0.05) is 20.8 Å². The third-order valence-electron chi connectivity index (χ3n) is 18.7. The van der Waals surface area contributed by atoms with E-state index >= 15 is 0 Å². The normalized spacial score (nSPS) is 36.2. The Morgan fingerprint density at radius 2 is 1.34 bits per heavy atom. The molecule has 0 aliphatic carbocycles. The largest absolute Gasteiger partial charge is 0.388 e. The summed E-state index contributed by atoms with van der Waals surface area (Å²) in [7, 11) is 7.00. The molecule has 16 nitrogen and oxygen atoms in total. The van der Waals surface area contributed by atoms with Crippen LogP contribution in [0, 0.1) is 17.8 Å².